The molecule has 2 N–H and O–H groups in total. The first-order valence-corrected chi connectivity index (χ1v) is 10.5. The van der Waals surface area contributed by atoms with Crippen molar-refractivity contribution in [3.05, 3.63) is 70.8 Å². The number of aliphatic hydroxyl groups is 1. The fourth-order valence-electron chi connectivity index (χ4n) is 3.99. The molecule has 1 fully saturated rings. The summed E-state index contributed by atoms with van der Waals surface area (Å²) < 4.78 is 38.9. The second-order valence-corrected chi connectivity index (χ2v) is 8.19. The quantitative estimate of drug-likeness (QED) is 0.611. The number of rotatable bonds is 5. The van der Waals surface area contributed by atoms with Crippen LogP contribution >= 0.6 is 0 Å². The van der Waals surface area contributed by atoms with Gasteiger partial charge in [0.1, 0.15) is 5.82 Å². The van der Waals surface area contributed by atoms with Crippen molar-refractivity contribution in [3.63, 3.8) is 0 Å². The standard InChI is InChI=1S/C24H26F3N3O/c1-16-5-6-18-13-19(15-28-14-17-3-2-4-20(12-17)24(25,26)27)23(29-22(18)11-16)30-9-7-21(31)8-10-30/h2-6,11-13,21,28,31H,7-10,14-15H2,1H3. The van der Waals surface area contributed by atoms with Gasteiger partial charge in [-0.2, -0.15) is 13.2 Å². The van der Waals surface area contributed by atoms with E-state index in [0.717, 1.165) is 47.0 Å². The SMILES string of the molecule is Cc1ccc2cc(CNCc3cccc(C(F)(F)F)c3)c(N3CCC(O)CC3)nc2c1. The van der Waals surface area contributed by atoms with Crippen LogP contribution < -0.4 is 10.2 Å². The smallest absolute Gasteiger partial charge is 0.393 e. The summed E-state index contributed by atoms with van der Waals surface area (Å²) in [5, 5.41) is 14.2. The zero-order valence-corrected chi connectivity index (χ0v) is 17.4. The molecule has 0 spiro atoms. The third-order valence-corrected chi connectivity index (χ3v) is 5.69. The zero-order valence-electron chi connectivity index (χ0n) is 17.4. The van der Waals surface area contributed by atoms with Gasteiger partial charge >= 0.3 is 6.18 Å². The van der Waals surface area contributed by atoms with Gasteiger partial charge in [0, 0.05) is 37.1 Å². The summed E-state index contributed by atoms with van der Waals surface area (Å²) in [6.45, 7) is 4.30. The maximum atomic E-state index is 13.0. The number of nitrogens with zero attached hydrogens (tertiary/aromatic N) is 2. The van der Waals surface area contributed by atoms with Gasteiger partial charge < -0.3 is 15.3 Å². The van der Waals surface area contributed by atoms with E-state index in [0.29, 0.717) is 31.5 Å². The average Bonchev–Trinajstić information content (AvgIpc) is 2.74. The highest BCUT2D eigenvalue weighted by Crippen LogP contribution is 2.30. The van der Waals surface area contributed by atoms with E-state index in [9.17, 15) is 18.3 Å². The van der Waals surface area contributed by atoms with Crippen molar-refractivity contribution in [2.24, 2.45) is 0 Å². The molecule has 0 aliphatic carbocycles. The summed E-state index contributed by atoms with van der Waals surface area (Å²) in [6.07, 6.45) is -3.22. The van der Waals surface area contributed by atoms with Crippen LogP contribution in [0.2, 0.25) is 0 Å². The minimum absolute atomic E-state index is 0.276. The molecule has 31 heavy (non-hydrogen) atoms. The minimum Gasteiger partial charge on any atom is -0.393 e. The summed E-state index contributed by atoms with van der Waals surface area (Å²) in [5.41, 5.74) is 3.00. The van der Waals surface area contributed by atoms with E-state index in [1.165, 1.54) is 12.1 Å². The highest BCUT2D eigenvalue weighted by atomic mass is 19.4. The third-order valence-electron chi connectivity index (χ3n) is 5.69. The molecule has 2 heterocycles. The van der Waals surface area contributed by atoms with Crippen molar-refractivity contribution in [2.75, 3.05) is 18.0 Å². The second kappa shape index (κ2) is 8.85. The van der Waals surface area contributed by atoms with Crippen molar-refractivity contribution < 1.29 is 18.3 Å². The van der Waals surface area contributed by atoms with Crippen molar-refractivity contribution in [2.45, 2.75) is 45.1 Å². The number of piperidine rings is 1. The minimum atomic E-state index is -4.34. The number of aromatic nitrogens is 1. The van der Waals surface area contributed by atoms with Gasteiger partial charge in [0.15, 0.2) is 0 Å². The number of hydrogen-bond acceptors (Lipinski definition) is 4. The lowest BCUT2D eigenvalue weighted by Crippen LogP contribution is -2.37. The van der Waals surface area contributed by atoms with Crippen LogP contribution in [0.5, 0.6) is 0 Å². The number of nitrogens with one attached hydrogen (secondary N) is 1. The van der Waals surface area contributed by atoms with Crippen molar-refractivity contribution in [1.29, 1.82) is 0 Å². The van der Waals surface area contributed by atoms with E-state index in [4.69, 9.17) is 4.98 Å². The Labute approximate surface area is 179 Å². The van der Waals surface area contributed by atoms with Crippen molar-refractivity contribution in [1.82, 2.24) is 10.3 Å². The average molecular weight is 429 g/mol. The van der Waals surface area contributed by atoms with Crippen molar-refractivity contribution in [3.8, 4) is 0 Å². The van der Waals surface area contributed by atoms with E-state index < -0.39 is 11.7 Å². The first-order valence-electron chi connectivity index (χ1n) is 10.5. The number of aliphatic hydroxyl groups excluding tert-OH is 1. The molecule has 164 valence electrons. The lowest BCUT2D eigenvalue weighted by molar-refractivity contribution is -0.137. The maximum absolute atomic E-state index is 13.0. The highest BCUT2D eigenvalue weighted by Gasteiger charge is 2.30. The number of anilines is 1. The van der Waals surface area contributed by atoms with Gasteiger partial charge in [0.05, 0.1) is 17.2 Å². The van der Waals surface area contributed by atoms with Gasteiger partial charge in [0.25, 0.3) is 0 Å². The van der Waals surface area contributed by atoms with E-state index >= 15 is 0 Å². The van der Waals surface area contributed by atoms with Crippen molar-refractivity contribution >= 4 is 16.7 Å². The van der Waals surface area contributed by atoms with E-state index in [2.05, 4.69) is 22.3 Å². The molecule has 4 nitrogen and oxygen atoms in total. The van der Waals surface area contributed by atoms with Crippen LogP contribution in [0.3, 0.4) is 0 Å². The molecule has 0 atom stereocenters. The monoisotopic (exact) mass is 429 g/mol. The molecule has 1 aromatic heterocycles. The molecule has 2 aromatic carbocycles. The Kier molecular flexibility index (Phi) is 6.16. The summed E-state index contributed by atoms with van der Waals surface area (Å²) in [7, 11) is 0. The Morgan fingerprint density at radius 3 is 2.58 bits per heavy atom. The molecule has 0 radical (unpaired) electrons. The van der Waals surface area contributed by atoms with Crippen LogP contribution in [0, 0.1) is 6.92 Å². The summed E-state index contributed by atoms with van der Waals surface area (Å²) in [4.78, 5) is 7.10. The molecular weight excluding hydrogens is 403 g/mol. The molecule has 1 aliphatic heterocycles. The largest absolute Gasteiger partial charge is 0.416 e. The van der Waals surface area contributed by atoms with Gasteiger partial charge in [-0.15, -0.1) is 0 Å². The Morgan fingerprint density at radius 1 is 1.06 bits per heavy atom. The number of halogens is 3. The molecule has 0 bridgehead atoms. The van der Waals surface area contributed by atoms with Gasteiger partial charge in [-0.05, 0) is 49.1 Å². The predicted octanol–water partition coefficient (Wildman–Crippen LogP) is 4.81. The number of fused-ring (bicyclic) bond motifs is 1. The van der Waals surface area contributed by atoms with Gasteiger partial charge in [0.2, 0.25) is 0 Å². The Balaban J connectivity index is 1.56. The van der Waals surface area contributed by atoms with E-state index in [1.54, 1.807) is 6.07 Å². The number of pyridine rings is 1. The molecule has 3 aromatic rings. The molecule has 0 amide bonds. The molecular formula is C24H26F3N3O. The van der Waals surface area contributed by atoms with Crippen LogP contribution in [0.25, 0.3) is 10.9 Å². The number of aryl methyl sites for hydroxylation is 1. The Hall–Kier alpha value is -2.64. The Bertz CT molecular complexity index is 1060. The van der Waals surface area contributed by atoms with Gasteiger partial charge in [-0.25, -0.2) is 4.98 Å². The van der Waals surface area contributed by atoms with Crippen LogP contribution in [-0.2, 0) is 19.3 Å². The normalized spacial score (nSPS) is 15.6. The Morgan fingerprint density at radius 2 is 1.84 bits per heavy atom. The molecule has 4 rings (SSSR count). The predicted molar refractivity (Wildman–Crippen MR) is 116 cm³/mol. The molecule has 7 heteroatoms. The molecule has 0 unspecified atom stereocenters. The van der Waals surface area contributed by atoms with Crippen LogP contribution in [0.4, 0.5) is 19.0 Å². The lowest BCUT2D eigenvalue weighted by atomic mass is 10.1. The fourth-order valence-corrected chi connectivity index (χ4v) is 3.99. The third kappa shape index (κ3) is 5.17. The van der Waals surface area contributed by atoms with Gasteiger partial charge in [-0.1, -0.05) is 30.3 Å². The first kappa shape index (κ1) is 21.6. The highest BCUT2D eigenvalue weighted by molar-refractivity contribution is 5.82. The van der Waals surface area contributed by atoms with Gasteiger partial charge in [-0.3, -0.25) is 0 Å². The maximum Gasteiger partial charge on any atom is 0.416 e. The number of benzene rings is 2. The summed E-state index contributed by atoms with van der Waals surface area (Å²) in [5.74, 6) is 0.876. The van der Waals surface area contributed by atoms with E-state index in [-0.39, 0.29) is 6.10 Å². The molecule has 1 aliphatic rings. The summed E-state index contributed by atoms with van der Waals surface area (Å²) >= 11 is 0. The first-order chi connectivity index (χ1) is 14.8. The fraction of sp³-hybridized carbons (Fsp3) is 0.375. The number of alkyl halides is 3. The van der Waals surface area contributed by atoms with Crippen LogP contribution in [0.1, 0.15) is 35.1 Å². The van der Waals surface area contributed by atoms with Crippen LogP contribution in [-0.4, -0.2) is 29.3 Å². The zero-order chi connectivity index (χ0) is 22.0. The lowest BCUT2D eigenvalue weighted by Gasteiger charge is -2.32. The second-order valence-electron chi connectivity index (χ2n) is 8.19. The van der Waals surface area contributed by atoms with Crippen LogP contribution in [0.15, 0.2) is 48.5 Å². The topological polar surface area (TPSA) is 48.4 Å². The molecule has 0 saturated carbocycles. The molecule has 1 saturated heterocycles. The summed E-state index contributed by atoms with van der Waals surface area (Å²) in [6, 6.07) is 13.6. The number of hydrogen-bond donors (Lipinski definition) is 2. The van der Waals surface area contributed by atoms with E-state index in [1.807, 2.05) is 19.1 Å².